The molecule has 0 spiro atoms. The standard InChI is InChI=1S/C11H18INO4/c1-8(14)5-3-2-4-6-13-10(15)7-9(12)11(16)17/h9H,2-7H2,1H3,(H,13,15)(H,16,17). The van der Waals surface area contributed by atoms with Crippen molar-refractivity contribution in [1.82, 2.24) is 5.32 Å². The molecule has 0 aromatic rings. The van der Waals surface area contributed by atoms with Crippen LogP contribution in [0.2, 0.25) is 0 Å². The van der Waals surface area contributed by atoms with E-state index in [0.717, 1.165) is 19.3 Å². The lowest BCUT2D eigenvalue weighted by molar-refractivity contribution is -0.137. The molecule has 0 radical (unpaired) electrons. The largest absolute Gasteiger partial charge is 0.480 e. The van der Waals surface area contributed by atoms with Gasteiger partial charge in [-0.2, -0.15) is 0 Å². The van der Waals surface area contributed by atoms with Crippen molar-refractivity contribution in [2.75, 3.05) is 6.54 Å². The molecule has 0 aromatic heterocycles. The number of carbonyl (C=O) groups excluding carboxylic acids is 2. The number of carboxylic acids is 1. The van der Waals surface area contributed by atoms with E-state index in [1.54, 1.807) is 29.5 Å². The number of hydrogen-bond donors (Lipinski definition) is 2. The van der Waals surface area contributed by atoms with Crippen molar-refractivity contribution < 1.29 is 19.5 Å². The SMILES string of the molecule is CC(=O)CCCCCNC(=O)CC(I)C(=O)O. The molecule has 98 valence electrons. The number of halogens is 1. The summed E-state index contributed by atoms with van der Waals surface area (Å²) in [5, 5.41) is 11.3. The van der Waals surface area contributed by atoms with Gasteiger partial charge in [-0.25, -0.2) is 0 Å². The number of rotatable bonds is 9. The number of carbonyl (C=O) groups is 3. The monoisotopic (exact) mass is 355 g/mol. The van der Waals surface area contributed by atoms with E-state index in [1.165, 1.54) is 0 Å². The Bertz CT molecular complexity index is 281. The minimum Gasteiger partial charge on any atom is -0.480 e. The number of ketones is 1. The van der Waals surface area contributed by atoms with Crippen LogP contribution < -0.4 is 5.32 Å². The predicted molar refractivity (Wildman–Crippen MR) is 72.2 cm³/mol. The van der Waals surface area contributed by atoms with Crippen LogP contribution in [0, 0.1) is 0 Å². The summed E-state index contributed by atoms with van der Waals surface area (Å²) in [5.74, 6) is -1.02. The number of Topliss-reactive ketones (excluding diaryl/α,β-unsaturated/α-hetero) is 1. The fourth-order valence-corrected chi connectivity index (χ4v) is 1.63. The number of aliphatic carboxylic acids is 1. The molecule has 17 heavy (non-hydrogen) atoms. The Morgan fingerprint density at radius 2 is 1.88 bits per heavy atom. The normalized spacial score (nSPS) is 11.9. The first-order valence-corrected chi connectivity index (χ1v) is 6.81. The summed E-state index contributed by atoms with van der Waals surface area (Å²) in [4.78, 5) is 32.4. The second kappa shape index (κ2) is 9.38. The summed E-state index contributed by atoms with van der Waals surface area (Å²) >= 11 is 1.73. The first-order valence-electron chi connectivity index (χ1n) is 5.56. The Balaban J connectivity index is 3.45. The van der Waals surface area contributed by atoms with Crippen LogP contribution in [-0.4, -0.2) is 33.2 Å². The maximum Gasteiger partial charge on any atom is 0.316 e. The van der Waals surface area contributed by atoms with Crippen LogP contribution in [0.1, 0.15) is 39.0 Å². The highest BCUT2D eigenvalue weighted by Gasteiger charge is 2.16. The highest BCUT2D eigenvalue weighted by atomic mass is 127. The van der Waals surface area contributed by atoms with E-state index in [-0.39, 0.29) is 18.1 Å². The Kier molecular flexibility index (Phi) is 9.01. The van der Waals surface area contributed by atoms with Gasteiger partial charge in [0.05, 0.1) is 0 Å². The molecule has 0 aliphatic rings. The van der Waals surface area contributed by atoms with Crippen LogP contribution in [0.5, 0.6) is 0 Å². The minimum absolute atomic E-state index is 0.00331. The van der Waals surface area contributed by atoms with Gasteiger partial charge in [-0.3, -0.25) is 9.59 Å². The molecular weight excluding hydrogens is 337 g/mol. The highest BCUT2D eigenvalue weighted by Crippen LogP contribution is 2.05. The van der Waals surface area contributed by atoms with E-state index in [0.29, 0.717) is 13.0 Å². The van der Waals surface area contributed by atoms with Crippen molar-refractivity contribution in [3.05, 3.63) is 0 Å². The summed E-state index contributed by atoms with van der Waals surface area (Å²) in [6.45, 7) is 2.11. The van der Waals surface area contributed by atoms with Gasteiger partial charge in [0, 0.05) is 19.4 Å². The molecule has 0 saturated heterocycles. The third-order valence-electron chi connectivity index (χ3n) is 2.16. The Hall–Kier alpha value is -0.660. The van der Waals surface area contributed by atoms with Crippen molar-refractivity contribution in [2.24, 2.45) is 0 Å². The maximum absolute atomic E-state index is 11.3. The van der Waals surface area contributed by atoms with E-state index < -0.39 is 9.89 Å². The Morgan fingerprint density at radius 1 is 1.24 bits per heavy atom. The van der Waals surface area contributed by atoms with Gasteiger partial charge in [0.1, 0.15) is 9.71 Å². The van der Waals surface area contributed by atoms with E-state index in [1.807, 2.05) is 0 Å². The van der Waals surface area contributed by atoms with Crippen molar-refractivity contribution in [1.29, 1.82) is 0 Å². The van der Waals surface area contributed by atoms with Crippen LogP contribution in [0.3, 0.4) is 0 Å². The van der Waals surface area contributed by atoms with Crippen LogP contribution in [0.25, 0.3) is 0 Å². The number of alkyl halides is 1. The lowest BCUT2D eigenvalue weighted by atomic mass is 10.1. The molecule has 0 aliphatic carbocycles. The molecule has 0 fully saturated rings. The zero-order valence-electron chi connectivity index (χ0n) is 9.87. The molecule has 1 atom stereocenters. The molecular formula is C11H18INO4. The quantitative estimate of drug-likeness (QED) is 0.373. The minimum atomic E-state index is -0.970. The molecule has 0 saturated carbocycles. The molecule has 0 aromatic carbocycles. The van der Waals surface area contributed by atoms with Crippen LogP contribution in [-0.2, 0) is 14.4 Å². The molecule has 2 N–H and O–H groups in total. The lowest BCUT2D eigenvalue weighted by Crippen LogP contribution is -2.29. The molecule has 0 rings (SSSR count). The summed E-state index contributed by atoms with van der Waals surface area (Å²) < 4.78 is -0.676. The van der Waals surface area contributed by atoms with Gasteiger partial charge in [0.15, 0.2) is 0 Å². The highest BCUT2D eigenvalue weighted by molar-refractivity contribution is 14.1. The van der Waals surface area contributed by atoms with Crippen molar-refractivity contribution in [3.8, 4) is 0 Å². The van der Waals surface area contributed by atoms with E-state index in [4.69, 9.17) is 5.11 Å². The van der Waals surface area contributed by atoms with Crippen molar-refractivity contribution in [3.63, 3.8) is 0 Å². The second-order valence-electron chi connectivity index (χ2n) is 3.87. The number of unbranched alkanes of at least 4 members (excludes halogenated alkanes) is 2. The lowest BCUT2D eigenvalue weighted by Gasteiger charge is -2.06. The van der Waals surface area contributed by atoms with Gasteiger partial charge in [0.2, 0.25) is 5.91 Å². The average Bonchev–Trinajstić information content (AvgIpc) is 2.22. The molecule has 6 heteroatoms. The summed E-state index contributed by atoms with van der Waals surface area (Å²) in [5.41, 5.74) is 0. The first kappa shape index (κ1) is 16.3. The van der Waals surface area contributed by atoms with Crippen molar-refractivity contribution >= 4 is 40.3 Å². The zero-order valence-corrected chi connectivity index (χ0v) is 12.0. The molecule has 0 heterocycles. The second-order valence-corrected chi connectivity index (χ2v) is 5.38. The summed E-state index contributed by atoms with van der Waals surface area (Å²) in [7, 11) is 0. The van der Waals surface area contributed by atoms with Gasteiger partial charge in [-0.15, -0.1) is 0 Å². The third-order valence-corrected chi connectivity index (χ3v) is 3.13. The van der Waals surface area contributed by atoms with Gasteiger partial charge in [-0.05, 0) is 19.8 Å². The van der Waals surface area contributed by atoms with Gasteiger partial charge in [0.25, 0.3) is 0 Å². The van der Waals surface area contributed by atoms with Crippen LogP contribution in [0.15, 0.2) is 0 Å². The van der Waals surface area contributed by atoms with E-state index in [2.05, 4.69) is 5.32 Å². The number of nitrogens with one attached hydrogen (secondary N) is 1. The first-order chi connectivity index (χ1) is 7.93. The fourth-order valence-electron chi connectivity index (χ4n) is 1.23. The van der Waals surface area contributed by atoms with Crippen LogP contribution >= 0.6 is 22.6 Å². The Morgan fingerprint density at radius 3 is 2.41 bits per heavy atom. The molecule has 0 bridgehead atoms. The van der Waals surface area contributed by atoms with Gasteiger partial charge < -0.3 is 15.2 Å². The number of carboxylic acid groups (broad SMARTS) is 1. The number of amides is 1. The zero-order chi connectivity index (χ0) is 13.3. The van der Waals surface area contributed by atoms with Gasteiger partial charge >= 0.3 is 5.97 Å². The Labute approximate surface area is 114 Å². The van der Waals surface area contributed by atoms with Crippen molar-refractivity contribution in [2.45, 2.75) is 43.0 Å². The van der Waals surface area contributed by atoms with E-state index >= 15 is 0 Å². The number of hydrogen-bond acceptors (Lipinski definition) is 3. The topological polar surface area (TPSA) is 83.5 Å². The maximum atomic E-state index is 11.3. The summed E-state index contributed by atoms with van der Waals surface area (Å²) in [6, 6.07) is 0. The average molecular weight is 355 g/mol. The molecule has 1 amide bonds. The molecule has 0 aliphatic heterocycles. The molecule has 1 unspecified atom stereocenters. The smallest absolute Gasteiger partial charge is 0.316 e. The fraction of sp³-hybridized carbons (Fsp3) is 0.727. The third kappa shape index (κ3) is 10.2. The molecule has 5 nitrogen and oxygen atoms in total. The van der Waals surface area contributed by atoms with Crippen LogP contribution in [0.4, 0.5) is 0 Å². The summed E-state index contributed by atoms with van der Waals surface area (Å²) in [6.07, 6.45) is 3.14. The van der Waals surface area contributed by atoms with Gasteiger partial charge in [-0.1, -0.05) is 29.0 Å². The predicted octanol–water partition coefficient (Wildman–Crippen LogP) is 1.53. The van der Waals surface area contributed by atoms with E-state index in [9.17, 15) is 14.4 Å².